The predicted octanol–water partition coefficient (Wildman–Crippen LogP) is 3.95. The van der Waals surface area contributed by atoms with Crippen molar-refractivity contribution in [2.75, 3.05) is 13.1 Å². The number of aromatic nitrogens is 1. The van der Waals surface area contributed by atoms with Gasteiger partial charge in [0.05, 0.1) is 5.52 Å². The van der Waals surface area contributed by atoms with Crippen LogP contribution in [0.1, 0.15) is 40.1 Å². The van der Waals surface area contributed by atoms with Crippen molar-refractivity contribution in [1.82, 2.24) is 9.88 Å². The van der Waals surface area contributed by atoms with Crippen LogP contribution in [-0.4, -0.2) is 34.7 Å². The van der Waals surface area contributed by atoms with Crippen molar-refractivity contribution in [3.8, 4) is 0 Å². The van der Waals surface area contributed by atoms with Crippen LogP contribution in [0.2, 0.25) is 0 Å². The zero-order chi connectivity index (χ0) is 17.8. The lowest BCUT2D eigenvalue weighted by atomic mass is 9.99. The zero-order valence-corrected chi connectivity index (χ0v) is 14.4. The summed E-state index contributed by atoms with van der Waals surface area (Å²) in [4.78, 5) is 31.3. The Hall–Kier alpha value is -3.01. The number of hydrogen-bond acceptors (Lipinski definition) is 3. The van der Waals surface area contributed by atoms with Gasteiger partial charge in [0.2, 0.25) is 0 Å². The fourth-order valence-corrected chi connectivity index (χ4v) is 2.90. The van der Waals surface area contributed by atoms with Crippen LogP contribution in [-0.2, 0) is 0 Å². The Balaban J connectivity index is 1.92. The number of carbonyl (C=O) groups excluding carboxylic acids is 2. The Morgan fingerprint density at radius 2 is 1.52 bits per heavy atom. The monoisotopic (exact) mass is 332 g/mol. The van der Waals surface area contributed by atoms with E-state index in [0.717, 1.165) is 5.39 Å². The number of hydrogen-bond donors (Lipinski definition) is 0. The molecule has 1 aromatic heterocycles. The zero-order valence-electron chi connectivity index (χ0n) is 14.4. The molecule has 0 unspecified atom stereocenters. The van der Waals surface area contributed by atoms with Gasteiger partial charge >= 0.3 is 0 Å². The molecule has 0 saturated heterocycles. The third kappa shape index (κ3) is 3.29. The minimum Gasteiger partial charge on any atom is -0.339 e. The van der Waals surface area contributed by atoms with Crippen LogP contribution < -0.4 is 0 Å². The molecule has 0 radical (unpaired) electrons. The molecular weight excluding hydrogens is 312 g/mol. The molecule has 0 aliphatic heterocycles. The fraction of sp³-hybridized carbons (Fsp3) is 0.190. The maximum Gasteiger partial charge on any atom is 0.253 e. The topological polar surface area (TPSA) is 50.3 Å². The fourth-order valence-electron chi connectivity index (χ4n) is 2.90. The van der Waals surface area contributed by atoms with Crippen LogP contribution in [0, 0.1) is 0 Å². The summed E-state index contributed by atoms with van der Waals surface area (Å²) in [5.74, 6) is -0.109. The molecular formula is C21H20N2O2. The van der Waals surface area contributed by atoms with E-state index in [1.807, 2.05) is 38.1 Å². The number of rotatable bonds is 5. The molecule has 25 heavy (non-hydrogen) atoms. The normalized spacial score (nSPS) is 10.6. The Morgan fingerprint density at radius 1 is 0.880 bits per heavy atom. The lowest BCUT2D eigenvalue weighted by Crippen LogP contribution is -2.30. The SMILES string of the molecule is CCN(CC)C(=O)c1ccc(C(=O)c2cccc3cccnc23)cc1. The summed E-state index contributed by atoms with van der Waals surface area (Å²) in [5, 5.41) is 0.932. The second-order valence-electron chi connectivity index (χ2n) is 5.76. The van der Waals surface area contributed by atoms with Gasteiger partial charge in [-0.25, -0.2) is 0 Å². The van der Waals surface area contributed by atoms with Crippen LogP contribution in [0.3, 0.4) is 0 Å². The first kappa shape index (κ1) is 16.8. The highest BCUT2D eigenvalue weighted by Gasteiger charge is 2.16. The molecule has 0 bridgehead atoms. The van der Waals surface area contributed by atoms with Gasteiger partial charge in [-0.2, -0.15) is 0 Å². The quantitative estimate of drug-likeness (QED) is 0.665. The number of pyridine rings is 1. The number of carbonyl (C=O) groups is 2. The van der Waals surface area contributed by atoms with E-state index >= 15 is 0 Å². The summed E-state index contributed by atoms with van der Waals surface area (Å²) < 4.78 is 0. The molecule has 0 atom stereocenters. The molecule has 126 valence electrons. The van der Waals surface area contributed by atoms with E-state index in [0.29, 0.717) is 35.3 Å². The van der Waals surface area contributed by atoms with Gasteiger partial charge in [0.15, 0.2) is 5.78 Å². The van der Waals surface area contributed by atoms with Crippen molar-refractivity contribution in [2.45, 2.75) is 13.8 Å². The van der Waals surface area contributed by atoms with Crippen molar-refractivity contribution in [1.29, 1.82) is 0 Å². The van der Waals surface area contributed by atoms with E-state index in [1.54, 1.807) is 41.4 Å². The molecule has 2 aromatic carbocycles. The van der Waals surface area contributed by atoms with Gasteiger partial charge in [-0.3, -0.25) is 14.6 Å². The van der Waals surface area contributed by atoms with E-state index in [1.165, 1.54) is 0 Å². The van der Waals surface area contributed by atoms with Crippen molar-refractivity contribution in [3.05, 3.63) is 77.5 Å². The first-order valence-corrected chi connectivity index (χ1v) is 8.43. The van der Waals surface area contributed by atoms with Gasteiger partial charge in [-0.05, 0) is 38.1 Å². The highest BCUT2D eigenvalue weighted by Crippen LogP contribution is 2.20. The molecule has 0 fully saturated rings. The van der Waals surface area contributed by atoms with Gasteiger partial charge < -0.3 is 4.90 Å². The third-order valence-corrected chi connectivity index (χ3v) is 4.32. The average Bonchev–Trinajstić information content (AvgIpc) is 2.68. The second-order valence-corrected chi connectivity index (χ2v) is 5.76. The molecule has 0 N–H and O–H groups in total. The molecule has 1 heterocycles. The average molecular weight is 332 g/mol. The Morgan fingerprint density at radius 3 is 2.20 bits per heavy atom. The molecule has 0 saturated carbocycles. The maximum absolute atomic E-state index is 12.9. The number of amides is 1. The minimum atomic E-state index is -0.0915. The lowest BCUT2D eigenvalue weighted by Gasteiger charge is -2.18. The van der Waals surface area contributed by atoms with Crippen LogP contribution in [0.15, 0.2) is 60.8 Å². The first-order chi connectivity index (χ1) is 12.2. The summed E-state index contributed by atoms with van der Waals surface area (Å²) in [6.07, 6.45) is 1.69. The van der Waals surface area contributed by atoms with Crippen molar-refractivity contribution < 1.29 is 9.59 Å². The standard InChI is InChI=1S/C21H20N2O2/c1-3-23(4-2)21(25)17-12-10-16(11-13-17)20(24)18-9-5-7-15-8-6-14-22-19(15)18/h5-14H,3-4H2,1-2H3. The third-order valence-electron chi connectivity index (χ3n) is 4.32. The second kappa shape index (κ2) is 7.26. The number of fused-ring (bicyclic) bond motifs is 1. The van der Waals surface area contributed by atoms with E-state index in [9.17, 15) is 9.59 Å². The van der Waals surface area contributed by atoms with E-state index in [-0.39, 0.29) is 11.7 Å². The van der Waals surface area contributed by atoms with Gasteiger partial charge in [0.1, 0.15) is 0 Å². The Bertz CT molecular complexity index is 907. The number of nitrogens with zero attached hydrogens (tertiary/aromatic N) is 2. The van der Waals surface area contributed by atoms with Crippen LogP contribution in [0.4, 0.5) is 0 Å². The summed E-state index contributed by atoms with van der Waals surface area (Å²) >= 11 is 0. The summed E-state index contributed by atoms with van der Waals surface area (Å²) in [6, 6.07) is 16.2. The molecule has 0 spiro atoms. The van der Waals surface area contributed by atoms with E-state index < -0.39 is 0 Å². The van der Waals surface area contributed by atoms with Crippen LogP contribution in [0.5, 0.6) is 0 Å². The number of benzene rings is 2. The summed E-state index contributed by atoms with van der Waals surface area (Å²) in [6.45, 7) is 5.23. The first-order valence-electron chi connectivity index (χ1n) is 8.43. The lowest BCUT2D eigenvalue weighted by molar-refractivity contribution is 0.0772. The molecule has 3 aromatic rings. The van der Waals surface area contributed by atoms with Crippen LogP contribution >= 0.6 is 0 Å². The predicted molar refractivity (Wildman–Crippen MR) is 98.9 cm³/mol. The number of para-hydroxylation sites is 1. The molecule has 0 aliphatic rings. The highest BCUT2D eigenvalue weighted by molar-refractivity contribution is 6.15. The van der Waals surface area contributed by atoms with Gasteiger partial charge in [0.25, 0.3) is 5.91 Å². The van der Waals surface area contributed by atoms with E-state index in [2.05, 4.69) is 4.98 Å². The summed E-state index contributed by atoms with van der Waals surface area (Å²) in [5.41, 5.74) is 2.41. The van der Waals surface area contributed by atoms with Crippen LogP contribution in [0.25, 0.3) is 10.9 Å². The molecule has 3 rings (SSSR count). The number of ketones is 1. The maximum atomic E-state index is 12.9. The van der Waals surface area contributed by atoms with Crippen molar-refractivity contribution in [3.63, 3.8) is 0 Å². The molecule has 4 heteroatoms. The molecule has 1 amide bonds. The summed E-state index contributed by atoms with van der Waals surface area (Å²) in [7, 11) is 0. The molecule has 4 nitrogen and oxygen atoms in total. The van der Waals surface area contributed by atoms with Crippen molar-refractivity contribution in [2.24, 2.45) is 0 Å². The smallest absolute Gasteiger partial charge is 0.253 e. The van der Waals surface area contributed by atoms with E-state index in [4.69, 9.17) is 0 Å². The molecule has 0 aliphatic carbocycles. The minimum absolute atomic E-state index is 0.0178. The van der Waals surface area contributed by atoms with Gasteiger partial charge in [-0.1, -0.05) is 30.3 Å². The van der Waals surface area contributed by atoms with Gasteiger partial charge in [-0.15, -0.1) is 0 Å². The van der Waals surface area contributed by atoms with Crippen molar-refractivity contribution >= 4 is 22.6 Å². The Kier molecular flexibility index (Phi) is 4.89. The largest absolute Gasteiger partial charge is 0.339 e. The highest BCUT2D eigenvalue weighted by atomic mass is 16.2. The van der Waals surface area contributed by atoms with Gasteiger partial charge in [0, 0.05) is 41.4 Å². The Labute approximate surface area is 147 Å².